The van der Waals surface area contributed by atoms with Crippen LogP contribution in [0.1, 0.15) is 233 Å². The van der Waals surface area contributed by atoms with Crippen LogP contribution in [0.15, 0.2) is 72.9 Å². The summed E-state index contributed by atoms with van der Waals surface area (Å²) in [6, 6.07) is 0. The molecule has 1 atom stereocenters. The van der Waals surface area contributed by atoms with Gasteiger partial charge in [0.2, 0.25) is 0 Å². The van der Waals surface area contributed by atoms with Crippen LogP contribution in [-0.2, 0) is 28.6 Å². The van der Waals surface area contributed by atoms with E-state index in [0.29, 0.717) is 19.3 Å². The van der Waals surface area contributed by atoms with Gasteiger partial charge in [-0.15, -0.1) is 0 Å². The molecule has 0 aromatic carbocycles. The van der Waals surface area contributed by atoms with E-state index in [9.17, 15) is 14.4 Å². The van der Waals surface area contributed by atoms with E-state index in [2.05, 4.69) is 93.7 Å². The molecule has 0 aromatic rings. The van der Waals surface area contributed by atoms with Crippen molar-refractivity contribution in [3.8, 4) is 0 Å². The Hall–Kier alpha value is -3.15. The lowest BCUT2D eigenvalue weighted by molar-refractivity contribution is -0.167. The summed E-state index contributed by atoms with van der Waals surface area (Å²) in [5.74, 6) is -0.932. The van der Waals surface area contributed by atoms with Gasteiger partial charge in [-0.05, 0) is 83.5 Å². The maximum Gasteiger partial charge on any atom is 0.306 e. The molecule has 0 amide bonds. The number of carbonyl (C=O) groups excluding carboxylic acids is 3. The van der Waals surface area contributed by atoms with E-state index in [0.717, 1.165) is 103 Å². The van der Waals surface area contributed by atoms with Crippen molar-refractivity contribution < 1.29 is 28.6 Å². The van der Waals surface area contributed by atoms with Crippen LogP contribution in [-0.4, -0.2) is 37.2 Å². The fourth-order valence-corrected chi connectivity index (χ4v) is 6.68. The monoisotopic (exact) mass is 837 g/mol. The SMILES string of the molecule is CC/C=C\C/C=C\C/C=C\C/C=C\C/C=C\CCCCCC(=O)OC[C@H](COC(=O)CCCCCCC/C=C\CCCC)OC(=O)CCCCCCCCCCCCCC. The molecule has 0 aliphatic carbocycles. The molecule has 0 aromatic heterocycles. The summed E-state index contributed by atoms with van der Waals surface area (Å²) in [5, 5.41) is 0. The van der Waals surface area contributed by atoms with E-state index in [4.69, 9.17) is 14.2 Å². The second kappa shape index (κ2) is 48.5. The van der Waals surface area contributed by atoms with Crippen molar-refractivity contribution in [1.29, 1.82) is 0 Å². The lowest BCUT2D eigenvalue weighted by Crippen LogP contribution is -2.30. The highest BCUT2D eigenvalue weighted by molar-refractivity contribution is 5.71. The Bertz CT molecular complexity index is 1140. The van der Waals surface area contributed by atoms with Gasteiger partial charge in [-0.3, -0.25) is 14.4 Å². The van der Waals surface area contributed by atoms with Crippen molar-refractivity contribution >= 4 is 17.9 Å². The number of allylic oxidation sites excluding steroid dienone is 12. The zero-order valence-electron chi connectivity index (χ0n) is 39.2. The van der Waals surface area contributed by atoms with Crippen LogP contribution in [0.5, 0.6) is 0 Å². The third-order valence-electron chi connectivity index (χ3n) is 10.4. The van der Waals surface area contributed by atoms with Crippen molar-refractivity contribution in [3.63, 3.8) is 0 Å². The summed E-state index contributed by atoms with van der Waals surface area (Å²) < 4.78 is 16.7. The molecule has 0 aliphatic heterocycles. The molecule has 6 heteroatoms. The summed E-state index contributed by atoms with van der Waals surface area (Å²) >= 11 is 0. The summed E-state index contributed by atoms with van der Waals surface area (Å²) in [4.78, 5) is 37.9. The van der Waals surface area contributed by atoms with Crippen LogP contribution in [0, 0.1) is 0 Å². The fraction of sp³-hybridized carbons (Fsp3) is 0.722. The molecule has 6 nitrogen and oxygen atoms in total. The number of unbranched alkanes of at least 4 members (excludes halogenated alkanes) is 21. The Labute approximate surface area is 370 Å². The third kappa shape index (κ3) is 45.9. The van der Waals surface area contributed by atoms with Crippen LogP contribution in [0.4, 0.5) is 0 Å². The van der Waals surface area contributed by atoms with Gasteiger partial charge in [-0.25, -0.2) is 0 Å². The first-order valence-electron chi connectivity index (χ1n) is 24.9. The predicted octanol–water partition coefficient (Wildman–Crippen LogP) is 16.3. The molecule has 0 saturated carbocycles. The van der Waals surface area contributed by atoms with Gasteiger partial charge in [0.05, 0.1) is 0 Å². The van der Waals surface area contributed by atoms with E-state index < -0.39 is 6.10 Å². The zero-order valence-corrected chi connectivity index (χ0v) is 39.2. The maximum absolute atomic E-state index is 12.7. The number of hydrogen-bond donors (Lipinski definition) is 0. The Balaban J connectivity index is 4.41. The van der Waals surface area contributed by atoms with Crippen LogP contribution in [0.2, 0.25) is 0 Å². The van der Waals surface area contributed by atoms with Gasteiger partial charge >= 0.3 is 17.9 Å². The van der Waals surface area contributed by atoms with Crippen molar-refractivity contribution in [2.24, 2.45) is 0 Å². The standard InChI is InChI=1S/C54H92O6/c1-4-7-10-13-16-19-22-24-25-26-27-28-29-30-33-35-38-41-44-47-53(56)59-50-51(49-58-52(55)46-43-40-37-34-31-21-18-15-12-9-6-3)60-54(57)48-45-42-39-36-32-23-20-17-14-11-8-5-2/h7,10,15-16,18-19,24-25,27-28,30,33,51H,4-6,8-9,11-14,17,20-23,26,29,31-32,34-50H2,1-3H3/b10-7-,18-15-,19-16-,25-24-,28-27-,33-30-/t51-/m0/s1. The Morgan fingerprint density at radius 1 is 0.350 bits per heavy atom. The summed E-state index contributed by atoms with van der Waals surface area (Å²) in [5.41, 5.74) is 0. The molecule has 0 fully saturated rings. The minimum absolute atomic E-state index is 0.0894. The maximum atomic E-state index is 12.7. The van der Waals surface area contributed by atoms with Crippen LogP contribution < -0.4 is 0 Å². The van der Waals surface area contributed by atoms with Gasteiger partial charge in [0.15, 0.2) is 6.10 Å². The highest BCUT2D eigenvalue weighted by Crippen LogP contribution is 2.14. The molecular weight excluding hydrogens is 745 g/mol. The quantitative estimate of drug-likeness (QED) is 0.0263. The largest absolute Gasteiger partial charge is 0.462 e. The van der Waals surface area contributed by atoms with Crippen molar-refractivity contribution in [2.75, 3.05) is 13.2 Å². The molecule has 0 saturated heterocycles. The predicted molar refractivity (Wildman–Crippen MR) is 256 cm³/mol. The van der Waals surface area contributed by atoms with Crippen molar-refractivity contribution in [2.45, 2.75) is 239 Å². The molecule has 0 bridgehead atoms. The first-order valence-corrected chi connectivity index (χ1v) is 24.9. The molecule has 0 radical (unpaired) electrons. The van der Waals surface area contributed by atoms with Crippen molar-refractivity contribution in [3.05, 3.63) is 72.9 Å². The number of rotatable bonds is 44. The lowest BCUT2D eigenvalue weighted by atomic mass is 10.0. The molecule has 0 aliphatic rings. The van der Waals surface area contributed by atoms with Crippen molar-refractivity contribution in [1.82, 2.24) is 0 Å². The van der Waals surface area contributed by atoms with E-state index in [-0.39, 0.29) is 31.1 Å². The molecule has 0 heterocycles. The van der Waals surface area contributed by atoms with Gasteiger partial charge in [0.1, 0.15) is 13.2 Å². The first-order chi connectivity index (χ1) is 29.5. The lowest BCUT2D eigenvalue weighted by Gasteiger charge is -2.18. The topological polar surface area (TPSA) is 78.9 Å². The van der Waals surface area contributed by atoms with E-state index in [1.807, 2.05) is 0 Å². The summed E-state index contributed by atoms with van der Waals surface area (Å²) in [7, 11) is 0. The normalized spacial score (nSPS) is 12.7. The van der Waals surface area contributed by atoms with Gasteiger partial charge in [-0.1, -0.05) is 203 Å². The number of carbonyl (C=O) groups is 3. The Kier molecular flexibility index (Phi) is 46.0. The minimum Gasteiger partial charge on any atom is -0.462 e. The van der Waals surface area contributed by atoms with Gasteiger partial charge < -0.3 is 14.2 Å². The average Bonchev–Trinajstić information content (AvgIpc) is 3.24. The highest BCUT2D eigenvalue weighted by atomic mass is 16.6. The number of hydrogen-bond acceptors (Lipinski definition) is 6. The van der Waals surface area contributed by atoms with Gasteiger partial charge in [0.25, 0.3) is 0 Å². The smallest absolute Gasteiger partial charge is 0.306 e. The number of ether oxygens (including phenoxy) is 3. The van der Waals surface area contributed by atoms with E-state index in [1.165, 1.54) is 89.9 Å². The molecule has 344 valence electrons. The van der Waals surface area contributed by atoms with Crippen LogP contribution in [0.25, 0.3) is 0 Å². The fourth-order valence-electron chi connectivity index (χ4n) is 6.68. The number of esters is 3. The molecule has 60 heavy (non-hydrogen) atoms. The molecule has 0 N–H and O–H groups in total. The molecular formula is C54H92O6. The van der Waals surface area contributed by atoms with Crippen LogP contribution >= 0.6 is 0 Å². The molecule has 0 rings (SSSR count). The van der Waals surface area contributed by atoms with Crippen LogP contribution in [0.3, 0.4) is 0 Å². The van der Waals surface area contributed by atoms with E-state index in [1.54, 1.807) is 0 Å². The first kappa shape index (κ1) is 56.9. The minimum atomic E-state index is -0.788. The zero-order chi connectivity index (χ0) is 43.7. The summed E-state index contributed by atoms with van der Waals surface area (Å²) in [6.07, 6.45) is 60.2. The Morgan fingerprint density at radius 2 is 0.667 bits per heavy atom. The second-order valence-corrected chi connectivity index (χ2v) is 16.3. The highest BCUT2D eigenvalue weighted by Gasteiger charge is 2.19. The van der Waals surface area contributed by atoms with E-state index >= 15 is 0 Å². The van der Waals surface area contributed by atoms with Gasteiger partial charge in [-0.2, -0.15) is 0 Å². The Morgan fingerprint density at radius 3 is 1.10 bits per heavy atom. The van der Waals surface area contributed by atoms with Gasteiger partial charge in [0, 0.05) is 19.3 Å². The second-order valence-electron chi connectivity index (χ2n) is 16.3. The molecule has 0 spiro atoms. The third-order valence-corrected chi connectivity index (χ3v) is 10.4. The average molecular weight is 837 g/mol. The molecule has 0 unspecified atom stereocenters. The summed E-state index contributed by atoms with van der Waals surface area (Å²) in [6.45, 7) is 6.44.